The highest BCUT2D eigenvalue weighted by atomic mass is 16.1. The third-order valence-electron chi connectivity index (χ3n) is 2.50. The minimum Gasteiger partial charge on any atom is -0.321 e. The lowest BCUT2D eigenvalue weighted by Crippen LogP contribution is -2.15. The molecular weight excluding hydrogens is 242 g/mol. The van der Waals surface area contributed by atoms with E-state index in [0.717, 1.165) is 5.56 Å². The number of aromatic nitrogens is 2. The molecule has 6 nitrogen and oxygen atoms in total. The Bertz CT molecular complexity index is 612. The number of amides is 1. The van der Waals surface area contributed by atoms with Gasteiger partial charge in [-0.15, -0.1) is 0 Å². The number of anilines is 2. The molecule has 0 spiro atoms. The number of nitrogens with zero attached hydrogens (tertiary/aromatic N) is 2. The molecule has 2 aromatic heterocycles. The number of nitrogens with one attached hydrogen (secondary N) is 2. The van der Waals surface area contributed by atoms with Crippen LogP contribution in [0.2, 0.25) is 0 Å². The molecule has 0 radical (unpaired) electrons. The van der Waals surface area contributed by atoms with Crippen LogP contribution >= 0.6 is 0 Å². The minimum atomic E-state index is -0.227. The summed E-state index contributed by atoms with van der Waals surface area (Å²) in [5, 5.41) is 2.78. The molecular formula is C13H15N5O. The molecule has 2 rings (SSSR count). The SMILES string of the molecule is Cc1cncc(NC(=O)c2cc(C)nc(NN)c2)c1. The van der Waals surface area contributed by atoms with Crippen LogP contribution in [-0.2, 0) is 0 Å². The zero-order valence-corrected chi connectivity index (χ0v) is 10.8. The average molecular weight is 257 g/mol. The van der Waals surface area contributed by atoms with Crippen LogP contribution in [-0.4, -0.2) is 15.9 Å². The number of nitrogens with two attached hydrogens (primary N) is 1. The molecule has 0 saturated carbocycles. The van der Waals surface area contributed by atoms with Gasteiger partial charge in [0.25, 0.3) is 5.91 Å². The summed E-state index contributed by atoms with van der Waals surface area (Å²) in [6.45, 7) is 3.71. The van der Waals surface area contributed by atoms with Gasteiger partial charge in [0.2, 0.25) is 0 Å². The third kappa shape index (κ3) is 3.26. The summed E-state index contributed by atoms with van der Waals surface area (Å²) < 4.78 is 0. The van der Waals surface area contributed by atoms with E-state index in [-0.39, 0.29) is 5.91 Å². The highest BCUT2D eigenvalue weighted by molar-refractivity contribution is 6.04. The van der Waals surface area contributed by atoms with Gasteiger partial charge >= 0.3 is 0 Å². The molecule has 0 saturated heterocycles. The van der Waals surface area contributed by atoms with Crippen molar-refractivity contribution >= 4 is 17.4 Å². The van der Waals surface area contributed by atoms with E-state index in [1.54, 1.807) is 31.5 Å². The fourth-order valence-electron chi connectivity index (χ4n) is 1.70. The summed E-state index contributed by atoms with van der Waals surface area (Å²) in [7, 11) is 0. The highest BCUT2D eigenvalue weighted by Gasteiger charge is 2.09. The summed E-state index contributed by atoms with van der Waals surface area (Å²) in [5.41, 5.74) is 5.27. The van der Waals surface area contributed by atoms with Crippen LogP contribution in [0.1, 0.15) is 21.6 Å². The predicted octanol–water partition coefficient (Wildman–Crippen LogP) is 1.63. The second-order valence-corrected chi connectivity index (χ2v) is 4.23. The first-order valence-electron chi connectivity index (χ1n) is 5.77. The Kier molecular flexibility index (Phi) is 3.72. The van der Waals surface area contributed by atoms with Gasteiger partial charge in [0.05, 0.1) is 11.9 Å². The monoisotopic (exact) mass is 257 g/mol. The lowest BCUT2D eigenvalue weighted by molar-refractivity contribution is 0.102. The van der Waals surface area contributed by atoms with Gasteiger partial charge in [-0.3, -0.25) is 9.78 Å². The zero-order chi connectivity index (χ0) is 13.8. The Morgan fingerprint density at radius 1 is 1.21 bits per heavy atom. The van der Waals surface area contributed by atoms with Crippen LogP contribution in [0, 0.1) is 13.8 Å². The van der Waals surface area contributed by atoms with E-state index in [0.29, 0.717) is 22.8 Å². The van der Waals surface area contributed by atoms with Crippen molar-refractivity contribution in [3.63, 3.8) is 0 Å². The van der Waals surface area contributed by atoms with Crippen molar-refractivity contribution in [2.75, 3.05) is 10.7 Å². The summed E-state index contributed by atoms with van der Waals surface area (Å²) in [6, 6.07) is 5.13. The van der Waals surface area contributed by atoms with Gasteiger partial charge in [0, 0.05) is 17.5 Å². The Morgan fingerprint density at radius 2 is 2.00 bits per heavy atom. The molecule has 4 N–H and O–H groups in total. The predicted molar refractivity (Wildman–Crippen MR) is 73.7 cm³/mol. The molecule has 0 fully saturated rings. The first-order valence-corrected chi connectivity index (χ1v) is 5.77. The Morgan fingerprint density at radius 3 is 2.68 bits per heavy atom. The first-order chi connectivity index (χ1) is 9.08. The summed E-state index contributed by atoms with van der Waals surface area (Å²) in [4.78, 5) is 20.3. The van der Waals surface area contributed by atoms with Crippen molar-refractivity contribution in [3.05, 3.63) is 47.4 Å². The van der Waals surface area contributed by atoms with Gasteiger partial charge < -0.3 is 10.7 Å². The van der Waals surface area contributed by atoms with Crippen LogP contribution in [0.4, 0.5) is 11.5 Å². The van der Waals surface area contributed by atoms with Gasteiger partial charge in [0.1, 0.15) is 5.82 Å². The van der Waals surface area contributed by atoms with E-state index in [9.17, 15) is 4.79 Å². The number of hydrogen-bond donors (Lipinski definition) is 3. The van der Waals surface area contributed by atoms with E-state index in [2.05, 4.69) is 20.7 Å². The normalized spacial score (nSPS) is 10.1. The maximum Gasteiger partial charge on any atom is 0.255 e. The molecule has 0 aromatic carbocycles. The topological polar surface area (TPSA) is 92.9 Å². The van der Waals surface area contributed by atoms with Gasteiger partial charge in [0.15, 0.2) is 0 Å². The summed E-state index contributed by atoms with van der Waals surface area (Å²) in [6.07, 6.45) is 3.32. The summed E-state index contributed by atoms with van der Waals surface area (Å²) >= 11 is 0. The number of hydrogen-bond acceptors (Lipinski definition) is 5. The van der Waals surface area contributed by atoms with Crippen molar-refractivity contribution in [1.82, 2.24) is 9.97 Å². The van der Waals surface area contributed by atoms with E-state index in [1.165, 1.54) is 0 Å². The van der Waals surface area contributed by atoms with Crippen LogP contribution in [0.5, 0.6) is 0 Å². The van der Waals surface area contributed by atoms with E-state index < -0.39 is 0 Å². The van der Waals surface area contributed by atoms with Crippen molar-refractivity contribution in [3.8, 4) is 0 Å². The number of pyridine rings is 2. The molecule has 0 aliphatic rings. The number of aryl methyl sites for hydroxylation is 2. The lowest BCUT2D eigenvalue weighted by Gasteiger charge is -2.08. The maximum absolute atomic E-state index is 12.1. The Balaban J connectivity index is 2.22. The Labute approximate surface area is 111 Å². The average Bonchev–Trinajstić information content (AvgIpc) is 2.38. The molecule has 0 unspecified atom stereocenters. The number of rotatable bonds is 3. The summed E-state index contributed by atoms with van der Waals surface area (Å²) in [5.74, 6) is 5.53. The van der Waals surface area contributed by atoms with Gasteiger partial charge in [-0.2, -0.15) is 0 Å². The van der Waals surface area contributed by atoms with Gasteiger partial charge in [-0.1, -0.05) is 0 Å². The van der Waals surface area contributed by atoms with E-state index >= 15 is 0 Å². The van der Waals surface area contributed by atoms with Crippen LogP contribution in [0.3, 0.4) is 0 Å². The first kappa shape index (κ1) is 13.0. The molecule has 2 aromatic rings. The molecule has 19 heavy (non-hydrogen) atoms. The molecule has 2 heterocycles. The van der Waals surface area contributed by atoms with Crippen molar-refractivity contribution in [2.45, 2.75) is 13.8 Å². The molecule has 0 aliphatic carbocycles. The number of hydrazine groups is 1. The minimum absolute atomic E-state index is 0.227. The number of carbonyl (C=O) groups excluding carboxylic acids is 1. The lowest BCUT2D eigenvalue weighted by atomic mass is 10.2. The van der Waals surface area contributed by atoms with E-state index in [4.69, 9.17) is 5.84 Å². The number of nitrogen functional groups attached to an aromatic ring is 1. The largest absolute Gasteiger partial charge is 0.321 e. The maximum atomic E-state index is 12.1. The Hall–Kier alpha value is -2.47. The molecule has 0 atom stereocenters. The smallest absolute Gasteiger partial charge is 0.255 e. The fraction of sp³-hybridized carbons (Fsp3) is 0.154. The van der Waals surface area contributed by atoms with E-state index in [1.807, 2.05) is 13.0 Å². The van der Waals surface area contributed by atoms with Crippen LogP contribution in [0.25, 0.3) is 0 Å². The second kappa shape index (κ2) is 5.45. The van der Waals surface area contributed by atoms with Crippen molar-refractivity contribution < 1.29 is 4.79 Å². The van der Waals surface area contributed by atoms with Gasteiger partial charge in [-0.25, -0.2) is 10.8 Å². The fourth-order valence-corrected chi connectivity index (χ4v) is 1.70. The highest BCUT2D eigenvalue weighted by Crippen LogP contribution is 2.13. The standard InChI is InChI=1S/C13H15N5O/c1-8-3-11(7-15-6-8)17-13(19)10-4-9(2)16-12(5-10)18-14/h3-7H,14H2,1-2H3,(H,16,18)(H,17,19). The number of carbonyl (C=O) groups is 1. The molecule has 98 valence electrons. The quantitative estimate of drug-likeness (QED) is 0.574. The molecule has 0 aliphatic heterocycles. The second-order valence-electron chi connectivity index (χ2n) is 4.23. The molecule has 0 bridgehead atoms. The third-order valence-corrected chi connectivity index (χ3v) is 2.50. The molecule has 1 amide bonds. The van der Waals surface area contributed by atoms with Crippen LogP contribution < -0.4 is 16.6 Å². The van der Waals surface area contributed by atoms with Crippen molar-refractivity contribution in [2.24, 2.45) is 5.84 Å². The molecule has 6 heteroatoms. The zero-order valence-electron chi connectivity index (χ0n) is 10.8. The van der Waals surface area contributed by atoms with Gasteiger partial charge in [-0.05, 0) is 37.6 Å². The van der Waals surface area contributed by atoms with Crippen molar-refractivity contribution in [1.29, 1.82) is 0 Å². The van der Waals surface area contributed by atoms with Crippen LogP contribution in [0.15, 0.2) is 30.6 Å².